The van der Waals surface area contributed by atoms with E-state index in [1.807, 2.05) is 0 Å². The lowest BCUT2D eigenvalue weighted by Crippen LogP contribution is -2.35. The average molecular weight is 333 g/mol. The van der Waals surface area contributed by atoms with E-state index >= 15 is 0 Å². The molecule has 1 aliphatic heterocycles. The van der Waals surface area contributed by atoms with Gasteiger partial charge in [-0.3, -0.25) is 14.5 Å². The maximum Gasteiger partial charge on any atom is 0.338 e. The number of amides is 2. The van der Waals surface area contributed by atoms with Gasteiger partial charge in [0, 0.05) is 18.4 Å². The first-order valence-corrected chi connectivity index (χ1v) is 7.49. The summed E-state index contributed by atoms with van der Waals surface area (Å²) >= 11 is 5.81. The molecule has 118 valence electrons. The van der Waals surface area contributed by atoms with E-state index in [1.165, 1.54) is 0 Å². The van der Waals surface area contributed by atoms with E-state index in [9.17, 15) is 14.4 Å². The third-order valence-corrected chi connectivity index (χ3v) is 3.80. The van der Waals surface area contributed by atoms with Gasteiger partial charge in [-0.25, -0.2) is 9.78 Å². The molecule has 23 heavy (non-hydrogen) atoms. The van der Waals surface area contributed by atoms with E-state index in [0.717, 1.165) is 10.3 Å². The number of fused-ring (bicyclic) bond motifs is 1. The zero-order valence-electron chi connectivity index (χ0n) is 12.1. The molecule has 0 spiro atoms. The first-order chi connectivity index (χ1) is 11.0. The van der Waals surface area contributed by atoms with Crippen LogP contribution in [0.2, 0.25) is 5.15 Å². The predicted octanol–water partition coefficient (Wildman–Crippen LogP) is 2.19. The third kappa shape index (κ3) is 3.32. The number of esters is 1. The molecule has 0 saturated carbocycles. The van der Waals surface area contributed by atoms with Crippen LogP contribution in [0.1, 0.15) is 23.2 Å². The number of carbonyl (C=O) groups is 3. The van der Waals surface area contributed by atoms with E-state index < -0.39 is 18.5 Å². The number of nitrogens with zero attached hydrogens (tertiary/aromatic N) is 2. The second-order valence-corrected chi connectivity index (χ2v) is 5.55. The number of ether oxygens (including phenoxy) is 1. The van der Waals surface area contributed by atoms with Crippen molar-refractivity contribution in [3.8, 4) is 0 Å². The van der Waals surface area contributed by atoms with Crippen molar-refractivity contribution < 1.29 is 19.1 Å². The zero-order chi connectivity index (χ0) is 16.4. The van der Waals surface area contributed by atoms with Gasteiger partial charge >= 0.3 is 5.97 Å². The first-order valence-electron chi connectivity index (χ1n) is 7.11. The van der Waals surface area contributed by atoms with Crippen molar-refractivity contribution in [3.05, 3.63) is 41.0 Å². The number of benzene rings is 1. The number of aromatic nitrogens is 1. The highest BCUT2D eigenvalue weighted by Crippen LogP contribution is 2.18. The zero-order valence-corrected chi connectivity index (χ0v) is 12.9. The largest absolute Gasteiger partial charge is 0.452 e. The third-order valence-electron chi connectivity index (χ3n) is 3.59. The number of pyridine rings is 1. The molecule has 2 amide bonds. The van der Waals surface area contributed by atoms with Crippen LogP contribution in [0.15, 0.2) is 30.3 Å². The van der Waals surface area contributed by atoms with Crippen LogP contribution in [0.5, 0.6) is 0 Å². The number of rotatable bonds is 3. The topological polar surface area (TPSA) is 76.6 Å². The lowest BCUT2D eigenvalue weighted by molar-refractivity contribution is -0.143. The monoisotopic (exact) mass is 332 g/mol. The van der Waals surface area contributed by atoms with Gasteiger partial charge < -0.3 is 4.74 Å². The maximum atomic E-state index is 12.0. The smallest absolute Gasteiger partial charge is 0.338 e. The van der Waals surface area contributed by atoms with Crippen molar-refractivity contribution in [1.82, 2.24) is 9.88 Å². The summed E-state index contributed by atoms with van der Waals surface area (Å²) in [6.45, 7) is -0.0564. The summed E-state index contributed by atoms with van der Waals surface area (Å²) in [6, 6.07) is 8.20. The number of likely N-dealkylation sites (tertiary alicyclic amines) is 1. The van der Waals surface area contributed by atoms with Crippen molar-refractivity contribution in [3.63, 3.8) is 0 Å². The van der Waals surface area contributed by atoms with Gasteiger partial charge in [0.15, 0.2) is 6.61 Å². The van der Waals surface area contributed by atoms with Gasteiger partial charge in [0.05, 0.1) is 11.1 Å². The Balaban J connectivity index is 1.67. The molecular formula is C16H13ClN2O4. The molecule has 1 aromatic heterocycles. The van der Waals surface area contributed by atoms with Crippen molar-refractivity contribution >= 4 is 40.3 Å². The molecule has 0 unspecified atom stereocenters. The Morgan fingerprint density at radius 1 is 1.26 bits per heavy atom. The van der Waals surface area contributed by atoms with Crippen LogP contribution >= 0.6 is 11.6 Å². The second kappa shape index (κ2) is 6.34. The number of hydrogen-bond donors (Lipinski definition) is 0. The summed E-state index contributed by atoms with van der Waals surface area (Å²) in [5.74, 6) is -1.34. The summed E-state index contributed by atoms with van der Waals surface area (Å²) in [5, 5.41) is 1.11. The fourth-order valence-electron chi connectivity index (χ4n) is 2.43. The van der Waals surface area contributed by atoms with Gasteiger partial charge in [-0.1, -0.05) is 11.6 Å². The first kappa shape index (κ1) is 15.4. The number of imide groups is 1. The predicted molar refractivity (Wildman–Crippen MR) is 83.0 cm³/mol. The second-order valence-electron chi connectivity index (χ2n) is 5.16. The van der Waals surface area contributed by atoms with Crippen LogP contribution in [0.4, 0.5) is 0 Å². The van der Waals surface area contributed by atoms with E-state index in [1.54, 1.807) is 30.3 Å². The van der Waals surface area contributed by atoms with Crippen molar-refractivity contribution in [2.45, 2.75) is 12.8 Å². The summed E-state index contributed by atoms with van der Waals surface area (Å²) in [5.41, 5.74) is 0.968. The number of hydrogen-bond acceptors (Lipinski definition) is 5. The molecule has 0 N–H and O–H groups in total. The Morgan fingerprint density at radius 3 is 2.83 bits per heavy atom. The lowest BCUT2D eigenvalue weighted by atomic mass is 10.1. The SMILES string of the molecule is O=C(OCC(=O)N1CCCC1=O)c1ccc2nc(Cl)ccc2c1. The lowest BCUT2D eigenvalue weighted by Gasteiger charge is -2.13. The van der Waals surface area contributed by atoms with Gasteiger partial charge in [-0.2, -0.15) is 0 Å². The van der Waals surface area contributed by atoms with E-state index in [-0.39, 0.29) is 5.91 Å². The minimum absolute atomic E-state index is 0.222. The molecule has 3 rings (SSSR count). The molecular weight excluding hydrogens is 320 g/mol. The normalized spacial score (nSPS) is 14.3. The minimum Gasteiger partial charge on any atom is -0.452 e. The summed E-state index contributed by atoms with van der Waals surface area (Å²) in [6.07, 6.45) is 1.01. The molecule has 0 atom stereocenters. The Hall–Kier alpha value is -2.47. The standard InChI is InChI=1S/C16H13ClN2O4/c17-13-6-4-10-8-11(3-5-12(10)18-13)16(22)23-9-15(21)19-7-1-2-14(19)20/h3-6,8H,1-2,7,9H2. The molecule has 2 heterocycles. The summed E-state index contributed by atoms with van der Waals surface area (Å²) in [4.78, 5) is 40.6. The average Bonchev–Trinajstić information content (AvgIpc) is 2.98. The molecule has 7 heteroatoms. The van der Waals surface area contributed by atoms with Crippen LogP contribution in [-0.2, 0) is 14.3 Å². The van der Waals surface area contributed by atoms with Crippen molar-refractivity contribution in [2.75, 3.05) is 13.2 Å². The van der Waals surface area contributed by atoms with Gasteiger partial charge in [0.25, 0.3) is 5.91 Å². The Bertz CT molecular complexity index is 806. The molecule has 1 aliphatic rings. The highest BCUT2D eigenvalue weighted by atomic mass is 35.5. The van der Waals surface area contributed by atoms with Crippen LogP contribution in [0, 0.1) is 0 Å². The van der Waals surface area contributed by atoms with Crippen LogP contribution < -0.4 is 0 Å². The molecule has 1 saturated heterocycles. The quantitative estimate of drug-likeness (QED) is 0.636. The Labute approximate surface area is 137 Å². The number of carbonyl (C=O) groups excluding carboxylic acids is 3. The van der Waals surface area contributed by atoms with Gasteiger partial charge in [0.1, 0.15) is 5.15 Å². The van der Waals surface area contributed by atoms with Gasteiger partial charge in [-0.05, 0) is 36.8 Å². The van der Waals surface area contributed by atoms with Crippen molar-refractivity contribution in [2.24, 2.45) is 0 Å². The highest BCUT2D eigenvalue weighted by molar-refractivity contribution is 6.29. The van der Waals surface area contributed by atoms with Crippen molar-refractivity contribution in [1.29, 1.82) is 0 Å². The fraction of sp³-hybridized carbons (Fsp3) is 0.250. The molecule has 1 aromatic carbocycles. The molecule has 0 aliphatic carbocycles. The fourth-order valence-corrected chi connectivity index (χ4v) is 2.58. The van der Waals surface area contributed by atoms with E-state index in [4.69, 9.17) is 16.3 Å². The molecule has 0 bridgehead atoms. The summed E-state index contributed by atoms with van der Waals surface area (Å²) < 4.78 is 4.99. The molecule has 6 nitrogen and oxygen atoms in total. The highest BCUT2D eigenvalue weighted by Gasteiger charge is 2.27. The van der Waals surface area contributed by atoms with Gasteiger partial charge in [0.2, 0.25) is 5.91 Å². The van der Waals surface area contributed by atoms with E-state index in [2.05, 4.69) is 4.98 Å². The maximum absolute atomic E-state index is 12.0. The summed E-state index contributed by atoms with van der Waals surface area (Å²) in [7, 11) is 0. The molecule has 2 aromatic rings. The minimum atomic E-state index is -0.623. The van der Waals surface area contributed by atoms with Crippen LogP contribution in [0.3, 0.4) is 0 Å². The van der Waals surface area contributed by atoms with Gasteiger partial charge in [-0.15, -0.1) is 0 Å². The Morgan fingerprint density at radius 2 is 2.09 bits per heavy atom. The molecule has 0 radical (unpaired) electrons. The number of halogens is 1. The Kier molecular flexibility index (Phi) is 4.25. The van der Waals surface area contributed by atoms with Crippen LogP contribution in [-0.4, -0.2) is 40.8 Å². The van der Waals surface area contributed by atoms with E-state index in [0.29, 0.717) is 35.6 Å². The molecule has 1 fully saturated rings. The van der Waals surface area contributed by atoms with Crippen LogP contribution in [0.25, 0.3) is 10.9 Å².